The van der Waals surface area contributed by atoms with Crippen molar-refractivity contribution in [2.24, 2.45) is 0 Å². The number of pyridine rings is 1. The number of aromatic nitrogens is 3. The Labute approximate surface area is 203 Å². The molecule has 3 aromatic rings. The monoisotopic (exact) mass is 487 g/mol. The second-order valence-electron chi connectivity index (χ2n) is 9.73. The van der Waals surface area contributed by atoms with Gasteiger partial charge in [-0.3, -0.25) is 4.98 Å². The van der Waals surface area contributed by atoms with Gasteiger partial charge < -0.3 is 25.2 Å². The first kappa shape index (κ1) is 25.0. The number of aliphatic hydroxyl groups excluding tert-OH is 1. The van der Waals surface area contributed by atoms with Crippen molar-refractivity contribution >= 4 is 22.7 Å². The molecule has 2 aromatic heterocycles. The fraction of sp³-hybridized carbons (Fsp3) is 0.480. The lowest BCUT2D eigenvalue weighted by Gasteiger charge is -2.34. The Hall–Kier alpha value is -3.11. The first-order valence-corrected chi connectivity index (χ1v) is 11.7. The summed E-state index contributed by atoms with van der Waals surface area (Å²) in [6, 6.07) is 5.06. The van der Waals surface area contributed by atoms with E-state index in [9.17, 15) is 19.0 Å². The molecule has 3 heterocycles. The number of aliphatic hydroxyl groups is 2. The van der Waals surface area contributed by atoms with E-state index in [1.54, 1.807) is 12.3 Å². The lowest BCUT2D eigenvalue weighted by molar-refractivity contribution is -0.0516. The molecule has 0 spiro atoms. The van der Waals surface area contributed by atoms with Gasteiger partial charge in [0.15, 0.2) is 23.2 Å². The molecular formula is C25H31F2N5O3. The first-order valence-electron chi connectivity index (χ1n) is 11.7. The van der Waals surface area contributed by atoms with Crippen LogP contribution in [0.3, 0.4) is 0 Å². The lowest BCUT2D eigenvalue weighted by Crippen LogP contribution is -2.39. The number of anilines is 2. The van der Waals surface area contributed by atoms with Crippen LogP contribution in [0.4, 0.5) is 20.4 Å². The zero-order valence-electron chi connectivity index (χ0n) is 20.3. The van der Waals surface area contributed by atoms with Crippen LogP contribution in [0.15, 0.2) is 30.5 Å². The molecule has 1 aliphatic rings. The quantitative estimate of drug-likeness (QED) is 0.460. The van der Waals surface area contributed by atoms with Gasteiger partial charge >= 0.3 is 0 Å². The third-order valence-electron chi connectivity index (χ3n) is 5.86. The lowest BCUT2D eigenvalue weighted by atomic mass is 9.98. The molecule has 3 N–H and O–H groups in total. The highest BCUT2D eigenvalue weighted by molar-refractivity contribution is 5.80. The van der Waals surface area contributed by atoms with Gasteiger partial charge in [0.1, 0.15) is 23.5 Å². The van der Waals surface area contributed by atoms with Crippen molar-refractivity contribution in [3.8, 4) is 5.75 Å². The Morgan fingerprint density at radius 3 is 2.46 bits per heavy atom. The summed E-state index contributed by atoms with van der Waals surface area (Å²) in [6.45, 7) is 8.25. The number of hydrogen-bond donors (Lipinski definition) is 3. The molecule has 1 aliphatic heterocycles. The van der Waals surface area contributed by atoms with Gasteiger partial charge in [0.2, 0.25) is 0 Å². The van der Waals surface area contributed by atoms with E-state index in [-0.39, 0.29) is 17.9 Å². The fourth-order valence-corrected chi connectivity index (χ4v) is 4.00. The maximum atomic E-state index is 14.0. The second kappa shape index (κ2) is 9.87. The Kier molecular flexibility index (Phi) is 7.05. The van der Waals surface area contributed by atoms with E-state index in [0.29, 0.717) is 54.3 Å². The molecule has 0 bridgehead atoms. The van der Waals surface area contributed by atoms with Gasteiger partial charge in [-0.1, -0.05) is 0 Å². The van der Waals surface area contributed by atoms with Crippen LogP contribution < -0.4 is 15.0 Å². The highest BCUT2D eigenvalue weighted by atomic mass is 19.1. The summed E-state index contributed by atoms with van der Waals surface area (Å²) in [7, 11) is 0. The van der Waals surface area contributed by atoms with Crippen LogP contribution in [0.5, 0.6) is 5.75 Å². The number of nitrogens with zero attached hydrogens (tertiary/aromatic N) is 4. The summed E-state index contributed by atoms with van der Waals surface area (Å²) < 4.78 is 33.0. The largest absolute Gasteiger partial charge is 0.487 e. The van der Waals surface area contributed by atoms with Gasteiger partial charge in [-0.15, -0.1) is 0 Å². The minimum Gasteiger partial charge on any atom is -0.487 e. The Morgan fingerprint density at radius 2 is 1.83 bits per heavy atom. The van der Waals surface area contributed by atoms with Gasteiger partial charge in [0.05, 0.1) is 23.0 Å². The summed E-state index contributed by atoms with van der Waals surface area (Å²) >= 11 is 0. The zero-order chi connectivity index (χ0) is 25.3. The van der Waals surface area contributed by atoms with E-state index in [0.717, 1.165) is 6.07 Å². The number of halogens is 2. The van der Waals surface area contributed by atoms with Crippen LogP contribution in [0.25, 0.3) is 11.0 Å². The predicted octanol–water partition coefficient (Wildman–Crippen LogP) is 3.98. The molecular weight excluding hydrogens is 456 g/mol. The number of fused-ring (bicyclic) bond motifs is 1. The summed E-state index contributed by atoms with van der Waals surface area (Å²) in [5.41, 5.74) is 0.0632. The molecule has 1 aromatic carbocycles. The molecule has 188 valence electrons. The smallest absolute Gasteiger partial charge is 0.172 e. The van der Waals surface area contributed by atoms with Crippen molar-refractivity contribution in [2.75, 3.05) is 23.3 Å². The molecule has 0 radical (unpaired) electrons. The van der Waals surface area contributed by atoms with Crippen molar-refractivity contribution in [1.29, 1.82) is 0 Å². The summed E-state index contributed by atoms with van der Waals surface area (Å²) in [4.78, 5) is 15.9. The van der Waals surface area contributed by atoms with Crippen molar-refractivity contribution in [2.45, 2.75) is 64.4 Å². The molecule has 0 saturated carbocycles. The number of nitrogens with one attached hydrogen (secondary N) is 1. The zero-order valence-corrected chi connectivity index (χ0v) is 20.3. The van der Waals surface area contributed by atoms with Crippen LogP contribution in [0, 0.1) is 11.6 Å². The maximum Gasteiger partial charge on any atom is 0.172 e. The van der Waals surface area contributed by atoms with E-state index in [1.807, 2.05) is 13.8 Å². The van der Waals surface area contributed by atoms with E-state index in [1.165, 1.54) is 26.0 Å². The Morgan fingerprint density at radius 1 is 1.11 bits per heavy atom. The average molecular weight is 488 g/mol. The van der Waals surface area contributed by atoms with Crippen molar-refractivity contribution in [1.82, 2.24) is 15.0 Å². The highest BCUT2D eigenvalue weighted by Crippen LogP contribution is 2.31. The van der Waals surface area contributed by atoms with Gasteiger partial charge in [-0.2, -0.15) is 0 Å². The molecule has 10 heteroatoms. The van der Waals surface area contributed by atoms with Crippen LogP contribution >= 0.6 is 0 Å². The molecule has 0 aliphatic carbocycles. The topological polar surface area (TPSA) is 104 Å². The van der Waals surface area contributed by atoms with Crippen molar-refractivity contribution < 1.29 is 23.7 Å². The van der Waals surface area contributed by atoms with E-state index < -0.39 is 23.3 Å². The van der Waals surface area contributed by atoms with Gasteiger partial charge in [-0.25, -0.2) is 18.7 Å². The number of ether oxygens (including phenoxy) is 1. The van der Waals surface area contributed by atoms with Crippen LogP contribution in [0.1, 0.15) is 52.3 Å². The standard InChI is InChI=1S/C25H31F2N5O3/c1-14(2)29-23-24(31-18-12-19(22(33)25(3,4)34)28-13-20(18)30-23)32-9-7-16(8-10-32)35-21-6-5-15(26)11-17(21)27/h5-6,11-14,16,22,33-34H,7-10H2,1-4H3,(H,29,30). The molecule has 1 fully saturated rings. The summed E-state index contributed by atoms with van der Waals surface area (Å²) in [5.74, 6) is -0.0310. The second-order valence-corrected chi connectivity index (χ2v) is 9.73. The molecule has 1 saturated heterocycles. The molecule has 1 unspecified atom stereocenters. The Bertz CT molecular complexity index is 1190. The third kappa shape index (κ3) is 5.76. The molecule has 8 nitrogen and oxygen atoms in total. The minimum absolute atomic E-state index is 0.0444. The van der Waals surface area contributed by atoms with Crippen molar-refractivity contribution in [3.05, 3.63) is 47.8 Å². The maximum absolute atomic E-state index is 14.0. The van der Waals surface area contributed by atoms with Crippen LogP contribution in [0.2, 0.25) is 0 Å². The molecule has 4 rings (SSSR count). The van der Waals surface area contributed by atoms with E-state index >= 15 is 0 Å². The van der Waals surface area contributed by atoms with Crippen molar-refractivity contribution in [3.63, 3.8) is 0 Å². The summed E-state index contributed by atoms with van der Waals surface area (Å²) in [6.07, 6.45) is 1.40. The molecule has 35 heavy (non-hydrogen) atoms. The molecule has 0 amide bonds. The number of hydrogen-bond acceptors (Lipinski definition) is 8. The first-order chi connectivity index (χ1) is 16.5. The number of benzene rings is 1. The fourth-order valence-electron chi connectivity index (χ4n) is 4.00. The van der Waals surface area contributed by atoms with Crippen LogP contribution in [-0.2, 0) is 0 Å². The number of rotatable bonds is 7. The molecule has 1 atom stereocenters. The highest BCUT2D eigenvalue weighted by Gasteiger charge is 2.29. The summed E-state index contributed by atoms with van der Waals surface area (Å²) in [5, 5.41) is 24.0. The normalized spacial score (nSPS) is 16.1. The SMILES string of the molecule is CC(C)Nc1nc2cnc(C(O)C(C)(C)O)cc2nc1N1CCC(Oc2ccc(F)cc2F)CC1. The predicted molar refractivity (Wildman–Crippen MR) is 130 cm³/mol. The number of piperidine rings is 1. The van der Waals surface area contributed by atoms with Gasteiger partial charge in [-0.05, 0) is 45.9 Å². The van der Waals surface area contributed by atoms with Gasteiger partial charge in [0, 0.05) is 38.0 Å². The minimum atomic E-state index is -1.36. The van der Waals surface area contributed by atoms with E-state index in [4.69, 9.17) is 14.7 Å². The van der Waals surface area contributed by atoms with E-state index in [2.05, 4.69) is 15.2 Å². The van der Waals surface area contributed by atoms with Gasteiger partial charge in [0.25, 0.3) is 0 Å². The van der Waals surface area contributed by atoms with Crippen LogP contribution in [-0.4, -0.2) is 56.0 Å². The third-order valence-corrected chi connectivity index (χ3v) is 5.86. The Balaban J connectivity index is 1.57. The average Bonchev–Trinajstić information content (AvgIpc) is 2.79.